The van der Waals surface area contributed by atoms with E-state index in [1.807, 2.05) is 6.07 Å². The highest BCUT2D eigenvalue weighted by molar-refractivity contribution is 5.43. The first-order valence-electron chi connectivity index (χ1n) is 7.22. The fourth-order valence-electron chi connectivity index (χ4n) is 2.50. The monoisotopic (exact) mass is 263 g/mol. The van der Waals surface area contributed by atoms with Gasteiger partial charge in [-0.05, 0) is 55.8 Å². The molecule has 0 amide bonds. The SMILES string of the molecule is CCCNC(Cc1ccc(OC)c(OC)c1)C1CC1. The highest BCUT2D eigenvalue weighted by Crippen LogP contribution is 2.35. The Bertz CT molecular complexity index is 402. The quantitative estimate of drug-likeness (QED) is 0.782. The Labute approximate surface area is 116 Å². The summed E-state index contributed by atoms with van der Waals surface area (Å²) in [5.41, 5.74) is 1.32. The number of hydrogen-bond acceptors (Lipinski definition) is 3. The zero-order chi connectivity index (χ0) is 13.7. The van der Waals surface area contributed by atoms with E-state index in [9.17, 15) is 0 Å². The summed E-state index contributed by atoms with van der Waals surface area (Å²) in [6, 6.07) is 6.85. The summed E-state index contributed by atoms with van der Waals surface area (Å²) >= 11 is 0. The molecule has 106 valence electrons. The van der Waals surface area contributed by atoms with Crippen molar-refractivity contribution < 1.29 is 9.47 Å². The van der Waals surface area contributed by atoms with Gasteiger partial charge in [-0.25, -0.2) is 0 Å². The van der Waals surface area contributed by atoms with Crippen molar-refractivity contribution in [2.75, 3.05) is 20.8 Å². The molecule has 0 aliphatic heterocycles. The molecule has 1 atom stereocenters. The molecule has 0 bridgehead atoms. The molecule has 1 saturated carbocycles. The number of benzene rings is 1. The van der Waals surface area contributed by atoms with E-state index >= 15 is 0 Å². The molecular weight excluding hydrogens is 238 g/mol. The predicted molar refractivity (Wildman–Crippen MR) is 78.1 cm³/mol. The molecule has 1 aromatic carbocycles. The van der Waals surface area contributed by atoms with E-state index in [-0.39, 0.29) is 0 Å². The van der Waals surface area contributed by atoms with Gasteiger partial charge >= 0.3 is 0 Å². The van der Waals surface area contributed by atoms with Gasteiger partial charge in [-0.1, -0.05) is 13.0 Å². The van der Waals surface area contributed by atoms with Gasteiger partial charge in [0.15, 0.2) is 11.5 Å². The third-order valence-corrected chi connectivity index (χ3v) is 3.75. The molecule has 0 radical (unpaired) electrons. The third kappa shape index (κ3) is 3.87. The van der Waals surface area contributed by atoms with Crippen molar-refractivity contribution in [3.05, 3.63) is 23.8 Å². The largest absolute Gasteiger partial charge is 0.493 e. The zero-order valence-electron chi connectivity index (χ0n) is 12.2. The van der Waals surface area contributed by atoms with Crippen molar-refractivity contribution in [3.8, 4) is 11.5 Å². The average Bonchev–Trinajstić information content (AvgIpc) is 3.27. The molecule has 0 spiro atoms. The molecule has 3 nitrogen and oxygen atoms in total. The second-order valence-electron chi connectivity index (χ2n) is 5.29. The molecule has 2 rings (SSSR count). The molecule has 0 aromatic heterocycles. The highest BCUT2D eigenvalue weighted by Gasteiger charge is 2.30. The number of hydrogen-bond donors (Lipinski definition) is 1. The number of ether oxygens (including phenoxy) is 2. The summed E-state index contributed by atoms with van der Waals surface area (Å²) in [4.78, 5) is 0. The van der Waals surface area contributed by atoms with Crippen LogP contribution >= 0.6 is 0 Å². The lowest BCUT2D eigenvalue weighted by Gasteiger charge is -2.19. The van der Waals surface area contributed by atoms with Crippen LogP contribution < -0.4 is 14.8 Å². The molecule has 1 aliphatic rings. The highest BCUT2D eigenvalue weighted by atomic mass is 16.5. The molecule has 1 N–H and O–H groups in total. The van der Waals surface area contributed by atoms with Gasteiger partial charge in [0, 0.05) is 6.04 Å². The molecule has 0 saturated heterocycles. The van der Waals surface area contributed by atoms with E-state index in [0.29, 0.717) is 6.04 Å². The minimum atomic E-state index is 0.609. The Kier molecular flexibility index (Phi) is 5.08. The molecular formula is C16H25NO2. The number of nitrogens with one attached hydrogen (secondary N) is 1. The van der Waals surface area contributed by atoms with E-state index in [0.717, 1.165) is 30.4 Å². The fraction of sp³-hybridized carbons (Fsp3) is 0.625. The van der Waals surface area contributed by atoms with Crippen LogP contribution in [0.25, 0.3) is 0 Å². The van der Waals surface area contributed by atoms with Gasteiger partial charge < -0.3 is 14.8 Å². The Hall–Kier alpha value is -1.22. The molecule has 3 heteroatoms. The van der Waals surface area contributed by atoms with Gasteiger partial charge in [-0.15, -0.1) is 0 Å². The normalized spacial score (nSPS) is 16.2. The van der Waals surface area contributed by atoms with Crippen LogP contribution in [0, 0.1) is 5.92 Å². The van der Waals surface area contributed by atoms with Crippen LogP contribution in [0.15, 0.2) is 18.2 Å². The van der Waals surface area contributed by atoms with Crippen molar-refractivity contribution in [3.63, 3.8) is 0 Å². The maximum absolute atomic E-state index is 5.37. The Morgan fingerprint density at radius 2 is 1.95 bits per heavy atom. The van der Waals surface area contributed by atoms with Gasteiger partial charge in [0.25, 0.3) is 0 Å². The summed E-state index contributed by atoms with van der Waals surface area (Å²) in [6.45, 7) is 3.32. The van der Waals surface area contributed by atoms with Crippen molar-refractivity contribution in [1.82, 2.24) is 5.32 Å². The van der Waals surface area contributed by atoms with Crippen molar-refractivity contribution >= 4 is 0 Å². The van der Waals surface area contributed by atoms with Crippen molar-refractivity contribution in [2.24, 2.45) is 5.92 Å². The lowest BCUT2D eigenvalue weighted by molar-refractivity contribution is 0.354. The van der Waals surface area contributed by atoms with Gasteiger partial charge in [-0.2, -0.15) is 0 Å². The van der Waals surface area contributed by atoms with Crippen LogP contribution in [0.2, 0.25) is 0 Å². The van der Waals surface area contributed by atoms with Gasteiger partial charge in [-0.3, -0.25) is 0 Å². The Balaban J connectivity index is 2.03. The lowest BCUT2D eigenvalue weighted by Crippen LogP contribution is -2.33. The lowest BCUT2D eigenvalue weighted by atomic mass is 10.0. The summed E-state index contributed by atoms with van der Waals surface area (Å²) in [6.07, 6.45) is 5.00. The zero-order valence-corrected chi connectivity index (χ0v) is 12.2. The summed E-state index contributed by atoms with van der Waals surface area (Å²) < 4.78 is 10.7. The van der Waals surface area contributed by atoms with Crippen LogP contribution in [0.3, 0.4) is 0 Å². The second-order valence-corrected chi connectivity index (χ2v) is 5.29. The molecule has 1 fully saturated rings. The first-order valence-corrected chi connectivity index (χ1v) is 7.22. The standard InChI is InChI=1S/C16H25NO2/c1-4-9-17-14(13-6-7-13)10-12-5-8-15(18-2)16(11-12)19-3/h5,8,11,13-14,17H,4,6-7,9-10H2,1-3H3. The number of rotatable bonds is 8. The van der Waals surface area contributed by atoms with Crippen LogP contribution in [0.1, 0.15) is 31.7 Å². The third-order valence-electron chi connectivity index (χ3n) is 3.75. The van der Waals surface area contributed by atoms with Crippen LogP contribution in [0.4, 0.5) is 0 Å². The predicted octanol–water partition coefficient (Wildman–Crippen LogP) is 3.02. The molecule has 1 unspecified atom stereocenters. The Morgan fingerprint density at radius 3 is 2.53 bits per heavy atom. The fourth-order valence-corrected chi connectivity index (χ4v) is 2.50. The Morgan fingerprint density at radius 1 is 1.21 bits per heavy atom. The van der Waals surface area contributed by atoms with E-state index in [2.05, 4.69) is 24.4 Å². The topological polar surface area (TPSA) is 30.5 Å². The van der Waals surface area contributed by atoms with Gasteiger partial charge in [0.2, 0.25) is 0 Å². The molecule has 1 aromatic rings. The van der Waals surface area contributed by atoms with Crippen molar-refractivity contribution in [2.45, 2.75) is 38.6 Å². The van der Waals surface area contributed by atoms with Crippen LogP contribution in [-0.2, 0) is 6.42 Å². The maximum atomic E-state index is 5.37. The van der Waals surface area contributed by atoms with E-state index < -0.39 is 0 Å². The van der Waals surface area contributed by atoms with Crippen molar-refractivity contribution in [1.29, 1.82) is 0 Å². The summed E-state index contributed by atoms with van der Waals surface area (Å²) in [5, 5.41) is 3.67. The first-order chi connectivity index (χ1) is 9.28. The summed E-state index contributed by atoms with van der Waals surface area (Å²) in [7, 11) is 3.36. The van der Waals surface area contributed by atoms with Gasteiger partial charge in [0.1, 0.15) is 0 Å². The molecule has 1 aliphatic carbocycles. The number of methoxy groups -OCH3 is 2. The molecule has 19 heavy (non-hydrogen) atoms. The minimum Gasteiger partial charge on any atom is -0.493 e. The van der Waals surface area contributed by atoms with Crippen LogP contribution in [-0.4, -0.2) is 26.8 Å². The second kappa shape index (κ2) is 6.80. The molecule has 0 heterocycles. The average molecular weight is 263 g/mol. The van der Waals surface area contributed by atoms with Gasteiger partial charge in [0.05, 0.1) is 14.2 Å². The maximum Gasteiger partial charge on any atom is 0.160 e. The van der Waals surface area contributed by atoms with E-state index in [1.165, 1.54) is 24.8 Å². The first kappa shape index (κ1) is 14.2. The van der Waals surface area contributed by atoms with E-state index in [4.69, 9.17) is 9.47 Å². The smallest absolute Gasteiger partial charge is 0.160 e. The minimum absolute atomic E-state index is 0.609. The van der Waals surface area contributed by atoms with E-state index in [1.54, 1.807) is 14.2 Å². The van der Waals surface area contributed by atoms with Crippen LogP contribution in [0.5, 0.6) is 11.5 Å². The summed E-state index contributed by atoms with van der Waals surface area (Å²) in [5.74, 6) is 2.49.